The van der Waals surface area contributed by atoms with Gasteiger partial charge >= 0.3 is 0 Å². The highest BCUT2D eigenvalue weighted by Crippen LogP contribution is 2.33. The molecule has 1 N–H and O–H groups in total. The van der Waals surface area contributed by atoms with Crippen molar-refractivity contribution in [3.8, 4) is 16.9 Å². The van der Waals surface area contributed by atoms with Crippen molar-refractivity contribution in [2.45, 2.75) is 0 Å². The molecule has 82 valence electrons. The molecule has 0 aliphatic carbocycles. The Labute approximate surface area is 95.9 Å². The molecule has 2 aromatic rings. The van der Waals surface area contributed by atoms with Gasteiger partial charge in [0.2, 0.25) is 0 Å². The molecule has 0 radical (unpaired) electrons. The summed E-state index contributed by atoms with van der Waals surface area (Å²) in [6.07, 6.45) is 0. The van der Waals surface area contributed by atoms with Crippen LogP contribution >= 0.6 is 11.6 Å². The minimum atomic E-state index is -0.738. The summed E-state index contributed by atoms with van der Waals surface area (Å²) in [5.41, 5.74) is 0.353. The maximum Gasteiger partial charge on any atom is 0.134 e. The first-order valence-electron chi connectivity index (χ1n) is 4.52. The molecule has 0 aliphatic rings. The lowest BCUT2D eigenvalue weighted by molar-refractivity contribution is 0.476. The van der Waals surface area contributed by atoms with E-state index in [9.17, 15) is 13.9 Å². The number of aromatic hydroxyl groups is 1. The second-order valence-corrected chi connectivity index (χ2v) is 3.72. The predicted molar refractivity (Wildman–Crippen MR) is 58.5 cm³/mol. The Morgan fingerprint density at radius 3 is 2.38 bits per heavy atom. The van der Waals surface area contributed by atoms with Gasteiger partial charge in [0.1, 0.15) is 17.4 Å². The van der Waals surface area contributed by atoms with Crippen molar-refractivity contribution >= 4 is 11.6 Å². The van der Waals surface area contributed by atoms with Gasteiger partial charge in [-0.3, -0.25) is 0 Å². The molecule has 0 aliphatic heterocycles. The highest BCUT2D eigenvalue weighted by molar-refractivity contribution is 6.31. The van der Waals surface area contributed by atoms with Crippen LogP contribution < -0.4 is 0 Å². The molecule has 0 bridgehead atoms. The zero-order valence-corrected chi connectivity index (χ0v) is 8.80. The fourth-order valence-electron chi connectivity index (χ4n) is 1.43. The Hall–Kier alpha value is -1.61. The number of hydrogen-bond acceptors (Lipinski definition) is 1. The highest BCUT2D eigenvalue weighted by atomic mass is 35.5. The van der Waals surface area contributed by atoms with Crippen LogP contribution in [-0.4, -0.2) is 5.11 Å². The molecule has 0 saturated heterocycles. The summed E-state index contributed by atoms with van der Waals surface area (Å²) >= 11 is 5.74. The van der Waals surface area contributed by atoms with E-state index in [1.54, 1.807) is 0 Å². The van der Waals surface area contributed by atoms with Crippen LogP contribution in [0.15, 0.2) is 36.4 Å². The summed E-state index contributed by atoms with van der Waals surface area (Å²) in [6, 6.07) is 7.42. The van der Waals surface area contributed by atoms with Crippen molar-refractivity contribution in [1.29, 1.82) is 0 Å². The molecule has 0 fully saturated rings. The van der Waals surface area contributed by atoms with E-state index in [4.69, 9.17) is 11.6 Å². The minimum Gasteiger partial charge on any atom is -0.507 e. The number of benzene rings is 2. The summed E-state index contributed by atoms with van der Waals surface area (Å²) in [5.74, 6) is -1.50. The molecule has 0 heterocycles. The molecule has 4 heteroatoms. The Morgan fingerprint density at radius 1 is 0.938 bits per heavy atom. The topological polar surface area (TPSA) is 20.2 Å². The Morgan fingerprint density at radius 2 is 1.69 bits per heavy atom. The predicted octanol–water partition coefficient (Wildman–Crippen LogP) is 3.99. The molecule has 0 saturated carbocycles. The number of phenolic OH excluding ortho intramolecular Hbond substituents is 1. The SMILES string of the molecule is Oc1ccc(Cl)cc1-c1ccc(F)cc1F. The number of hydrogen-bond donors (Lipinski definition) is 1. The molecule has 0 amide bonds. The van der Waals surface area contributed by atoms with E-state index in [-0.39, 0.29) is 16.9 Å². The van der Waals surface area contributed by atoms with E-state index in [0.29, 0.717) is 5.02 Å². The molecule has 2 rings (SSSR count). The normalized spacial score (nSPS) is 10.4. The molecule has 0 atom stereocenters. The zero-order valence-electron chi connectivity index (χ0n) is 8.05. The van der Waals surface area contributed by atoms with E-state index in [2.05, 4.69) is 0 Å². The lowest BCUT2D eigenvalue weighted by atomic mass is 10.0. The van der Waals surface area contributed by atoms with Gasteiger partial charge in [-0.1, -0.05) is 11.6 Å². The van der Waals surface area contributed by atoms with Gasteiger partial charge in [0, 0.05) is 22.2 Å². The van der Waals surface area contributed by atoms with Crippen molar-refractivity contribution in [3.05, 3.63) is 53.1 Å². The summed E-state index contributed by atoms with van der Waals surface area (Å²) < 4.78 is 26.2. The smallest absolute Gasteiger partial charge is 0.134 e. The first-order valence-corrected chi connectivity index (χ1v) is 4.89. The van der Waals surface area contributed by atoms with Gasteiger partial charge in [0.25, 0.3) is 0 Å². The van der Waals surface area contributed by atoms with Gasteiger partial charge in [-0.15, -0.1) is 0 Å². The third-order valence-electron chi connectivity index (χ3n) is 2.18. The Kier molecular flexibility index (Phi) is 2.79. The van der Waals surface area contributed by atoms with Crippen LogP contribution in [0, 0.1) is 11.6 Å². The Balaban J connectivity index is 2.62. The van der Waals surface area contributed by atoms with Crippen LogP contribution in [0.3, 0.4) is 0 Å². The summed E-state index contributed by atoms with van der Waals surface area (Å²) in [6.45, 7) is 0. The van der Waals surface area contributed by atoms with E-state index < -0.39 is 11.6 Å². The third kappa shape index (κ3) is 1.99. The van der Waals surface area contributed by atoms with Crippen molar-refractivity contribution in [2.24, 2.45) is 0 Å². The summed E-state index contributed by atoms with van der Waals surface area (Å²) in [4.78, 5) is 0. The maximum absolute atomic E-state index is 13.5. The van der Waals surface area contributed by atoms with Crippen molar-refractivity contribution < 1.29 is 13.9 Å². The molecular formula is C12H7ClF2O. The van der Waals surface area contributed by atoms with Crippen molar-refractivity contribution in [2.75, 3.05) is 0 Å². The molecule has 0 unspecified atom stereocenters. The standard InChI is InChI=1S/C12H7ClF2O/c13-7-1-4-12(16)10(5-7)9-3-2-8(14)6-11(9)15/h1-6,16H. The van der Waals surface area contributed by atoms with E-state index in [1.165, 1.54) is 24.3 Å². The van der Waals surface area contributed by atoms with Crippen LogP contribution in [0.2, 0.25) is 5.02 Å². The average molecular weight is 241 g/mol. The second kappa shape index (κ2) is 4.10. The van der Waals surface area contributed by atoms with Gasteiger partial charge in [-0.05, 0) is 30.3 Å². The quantitative estimate of drug-likeness (QED) is 0.799. The molecule has 0 aromatic heterocycles. The summed E-state index contributed by atoms with van der Waals surface area (Å²) in [5, 5.41) is 9.93. The van der Waals surface area contributed by atoms with Gasteiger partial charge in [0.15, 0.2) is 0 Å². The lowest BCUT2D eigenvalue weighted by Gasteiger charge is -2.06. The van der Waals surface area contributed by atoms with Gasteiger partial charge in [-0.25, -0.2) is 8.78 Å². The maximum atomic E-state index is 13.5. The van der Waals surface area contributed by atoms with Crippen LogP contribution in [0.25, 0.3) is 11.1 Å². The van der Waals surface area contributed by atoms with Crippen molar-refractivity contribution in [1.82, 2.24) is 0 Å². The zero-order chi connectivity index (χ0) is 11.7. The third-order valence-corrected chi connectivity index (χ3v) is 2.42. The number of rotatable bonds is 1. The van der Waals surface area contributed by atoms with Crippen molar-refractivity contribution in [3.63, 3.8) is 0 Å². The average Bonchev–Trinajstić information content (AvgIpc) is 2.22. The highest BCUT2D eigenvalue weighted by Gasteiger charge is 2.10. The first kappa shape index (κ1) is 10.9. The molecule has 16 heavy (non-hydrogen) atoms. The number of phenols is 1. The molecule has 0 spiro atoms. The van der Waals surface area contributed by atoms with E-state index in [1.807, 2.05) is 0 Å². The van der Waals surface area contributed by atoms with E-state index >= 15 is 0 Å². The second-order valence-electron chi connectivity index (χ2n) is 3.29. The molecular weight excluding hydrogens is 234 g/mol. The summed E-state index contributed by atoms with van der Waals surface area (Å²) in [7, 11) is 0. The fraction of sp³-hybridized carbons (Fsp3) is 0. The van der Waals surface area contributed by atoms with Crippen LogP contribution in [0.4, 0.5) is 8.78 Å². The Bertz CT molecular complexity index is 541. The molecule has 2 aromatic carbocycles. The van der Waals surface area contributed by atoms with Gasteiger partial charge in [-0.2, -0.15) is 0 Å². The largest absolute Gasteiger partial charge is 0.507 e. The van der Waals surface area contributed by atoms with E-state index in [0.717, 1.165) is 12.1 Å². The van der Waals surface area contributed by atoms with Crippen LogP contribution in [-0.2, 0) is 0 Å². The van der Waals surface area contributed by atoms with Gasteiger partial charge in [0.05, 0.1) is 0 Å². The molecule has 1 nitrogen and oxygen atoms in total. The first-order chi connectivity index (χ1) is 7.58. The fourth-order valence-corrected chi connectivity index (χ4v) is 1.60. The number of halogens is 3. The van der Waals surface area contributed by atoms with Crippen LogP contribution in [0.1, 0.15) is 0 Å². The monoisotopic (exact) mass is 240 g/mol. The van der Waals surface area contributed by atoms with Gasteiger partial charge < -0.3 is 5.11 Å². The lowest BCUT2D eigenvalue weighted by Crippen LogP contribution is -1.87. The minimum absolute atomic E-state index is 0.102. The van der Waals surface area contributed by atoms with Crippen LogP contribution in [0.5, 0.6) is 5.75 Å².